The molecule has 0 radical (unpaired) electrons. The molecule has 0 saturated heterocycles. The third-order valence-corrected chi connectivity index (χ3v) is 4.63. The summed E-state index contributed by atoms with van der Waals surface area (Å²) < 4.78 is 15.2. The van der Waals surface area contributed by atoms with Gasteiger partial charge in [-0.15, -0.1) is 24.0 Å². The van der Waals surface area contributed by atoms with Crippen molar-refractivity contribution in [1.82, 2.24) is 25.0 Å². The van der Waals surface area contributed by atoms with Crippen molar-refractivity contribution in [2.24, 2.45) is 12.0 Å². The first-order valence-electron chi connectivity index (χ1n) is 8.05. The fraction of sp³-hybridized carbons (Fsp3) is 0.471. The van der Waals surface area contributed by atoms with E-state index in [0.717, 1.165) is 36.7 Å². The van der Waals surface area contributed by atoms with Gasteiger partial charge in [-0.1, -0.05) is 12.1 Å². The molecule has 0 aliphatic heterocycles. The van der Waals surface area contributed by atoms with Gasteiger partial charge in [-0.3, -0.25) is 9.67 Å². The van der Waals surface area contributed by atoms with E-state index < -0.39 is 0 Å². The van der Waals surface area contributed by atoms with Crippen molar-refractivity contribution in [1.29, 1.82) is 0 Å². The minimum atomic E-state index is -0.178. The van der Waals surface area contributed by atoms with Crippen LogP contribution in [-0.2, 0) is 19.0 Å². The molecule has 1 aromatic carbocycles. The van der Waals surface area contributed by atoms with Crippen LogP contribution in [0.15, 0.2) is 35.6 Å². The molecule has 1 N–H and O–H groups in total. The molecule has 1 aliphatic rings. The first-order valence-corrected chi connectivity index (χ1v) is 8.05. The summed E-state index contributed by atoms with van der Waals surface area (Å²) in [5, 5.41) is 7.50. The molecule has 1 aromatic heterocycles. The first-order chi connectivity index (χ1) is 11.5. The van der Waals surface area contributed by atoms with E-state index in [4.69, 9.17) is 0 Å². The Morgan fingerprint density at radius 3 is 2.76 bits per heavy atom. The van der Waals surface area contributed by atoms with Crippen LogP contribution in [0, 0.1) is 5.82 Å². The van der Waals surface area contributed by atoms with Crippen LogP contribution >= 0.6 is 24.0 Å². The quantitative estimate of drug-likeness (QED) is 0.425. The highest BCUT2D eigenvalue weighted by Crippen LogP contribution is 2.47. The van der Waals surface area contributed by atoms with Crippen LogP contribution in [0.5, 0.6) is 0 Å². The van der Waals surface area contributed by atoms with Crippen molar-refractivity contribution in [3.63, 3.8) is 0 Å². The maximum absolute atomic E-state index is 13.5. The summed E-state index contributed by atoms with van der Waals surface area (Å²) in [4.78, 5) is 10.6. The van der Waals surface area contributed by atoms with E-state index in [2.05, 4.69) is 20.4 Å². The van der Waals surface area contributed by atoms with Crippen LogP contribution in [0.4, 0.5) is 4.39 Å². The number of aryl methyl sites for hydroxylation is 1. The number of benzene rings is 1. The molecular weight excluding hydrogens is 434 g/mol. The predicted octanol–water partition coefficient (Wildman–Crippen LogP) is 2.31. The van der Waals surface area contributed by atoms with E-state index in [1.807, 2.05) is 25.1 Å². The Morgan fingerprint density at radius 2 is 2.20 bits per heavy atom. The molecule has 1 aliphatic carbocycles. The molecule has 0 bridgehead atoms. The zero-order valence-corrected chi connectivity index (χ0v) is 17.1. The predicted molar refractivity (Wildman–Crippen MR) is 107 cm³/mol. The molecule has 2 aromatic rings. The minimum absolute atomic E-state index is 0. The molecular formula is C17H24FIN6. The van der Waals surface area contributed by atoms with Crippen molar-refractivity contribution in [3.05, 3.63) is 47.8 Å². The van der Waals surface area contributed by atoms with Gasteiger partial charge in [-0.05, 0) is 30.5 Å². The molecule has 3 rings (SSSR count). The molecule has 6 nitrogen and oxygen atoms in total. The standard InChI is InChI=1S/C17H23FN6.HI/c1-19-16(23(2)10-15-21-12-22-24(15)3)20-11-17(7-8-17)13-5-4-6-14(18)9-13;/h4-6,9,12H,7-8,10-11H2,1-3H3,(H,19,20);1H. The number of halogens is 2. The molecule has 1 heterocycles. The molecule has 0 unspecified atom stereocenters. The van der Waals surface area contributed by atoms with Gasteiger partial charge in [0.1, 0.15) is 18.0 Å². The highest BCUT2D eigenvalue weighted by atomic mass is 127. The number of hydrogen-bond acceptors (Lipinski definition) is 3. The number of nitrogens with one attached hydrogen (secondary N) is 1. The highest BCUT2D eigenvalue weighted by molar-refractivity contribution is 14.0. The van der Waals surface area contributed by atoms with Crippen LogP contribution in [0.2, 0.25) is 0 Å². The smallest absolute Gasteiger partial charge is 0.193 e. The van der Waals surface area contributed by atoms with Gasteiger partial charge < -0.3 is 10.2 Å². The fourth-order valence-corrected chi connectivity index (χ4v) is 2.92. The van der Waals surface area contributed by atoms with Crippen LogP contribution < -0.4 is 5.32 Å². The molecule has 0 amide bonds. The summed E-state index contributed by atoms with van der Waals surface area (Å²) in [7, 11) is 5.60. The van der Waals surface area contributed by atoms with Gasteiger partial charge in [-0.2, -0.15) is 5.10 Å². The minimum Gasteiger partial charge on any atom is -0.355 e. The first kappa shape index (κ1) is 19.6. The molecule has 1 saturated carbocycles. The van der Waals surface area contributed by atoms with Crippen molar-refractivity contribution in [3.8, 4) is 0 Å². The largest absolute Gasteiger partial charge is 0.355 e. The maximum Gasteiger partial charge on any atom is 0.193 e. The van der Waals surface area contributed by atoms with Gasteiger partial charge in [0.2, 0.25) is 0 Å². The van der Waals surface area contributed by atoms with Gasteiger partial charge in [0.05, 0.1) is 6.54 Å². The summed E-state index contributed by atoms with van der Waals surface area (Å²) in [6.45, 7) is 1.36. The molecule has 0 spiro atoms. The average Bonchev–Trinajstić information content (AvgIpc) is 3.26. The summed E-state index contributed by atoms with van der Waals surface area (Å²) in [6, 6.07) is 6.91. The average molecular weight is 458 g/mol. The van der Waals surface area contributed by atoms with E-state index >= 15 is 0 Å². The van der Waals surface area contributed by atoms with E-state index in [1.165, 1.54) is 6.07 Å². The Hall–Kier alpha value is -1.71. The molecule has 0 atom stereocenters. The lowest BCUT2D eigenvalue weighted by atomic mass is 9.96. The Balaban J connectivity index is 0.00000225. The van der Waals surface area contributed by atoms with Crippen LogP contribution in [0.1, 0.15) is 24.2 Å². The van der Waals surface area contributed by atoms with E-state index in [0.29, 0.717) is 6.54 Å². The zero-order valence-electron chi connectivity index (χ0n) is 14.7. The van der Waals surface area contributed by atoms with Gasteiger partial charge in [0.25, 0.3) is 0 Å². The van der Waals surface area contributed by atoms with Gasteiger partial charge >= 0.3 is 0 Å². The van der Waals surface area contributed by atoms with Crippen LogP contribution in [-0.4, -0.2) is 46.3 Å². The van der Waals surface area contributed by atoms with Gasteiger partial charge in [0.15, 0.2) is 5.96 Å². The lowest BCUT2D eigenvalue weighted by Gasteiger charge is -2.24. The number of aromatic nitrogens is 3. The summed E-state index contributed by atoms with van der Waals surface area (Å²) in [6.07, 6.45) is 3.67. The van der Waals surface area contributed by atoms with E-state index in [9.17, 15) is 4.39 Å². The Bertz CT molecular complexity index is 740. The number of nitrogens with zero attached hydrogens (tertiary/aromatic N) is 5. The number of guanidine groups is 1. The SMILES string of the molecule is CN=C(NCC1(c2cccc(F)c2)CC1)N(C)Cc1ncnn1C.I. The lowest BCUT2D eigenvalue weighted by molar-refractivity contribution is 0.444. The topological polar surface area (TPSA) is 58.3 Å². The van der Waals surface area contributed by atoms with E-state index in [-0.39, 0.29) is 35.2 Å². The summed E-state index contributed by atoms with van der Waals surface area (Å²) >= 11 is 0. The molecule has 136 valence electrons. The van der Waals surface area contributed by atoms with E-state index in [1.54, 1.807) is 30.2 Å². The van der Waals surface area contributed by atoms with Crippen molar-refractivity contribution < 1.29 is 4.39 Å². The molecule has 25 heavy (non-hydrogen) atoms. The second kappa shape index (κ2) is 8.11. The molecule has 1 fully saturated rings. The van der Waals surface area contributed by atoms with Crippen molar-refractivity contribution >= 4 is 29.9 Å². The second-order valence-electron chi connectivity index (χ2n) is 6.35. The maximum atomic E-state index is 13.5. The zero-order chi connectivity index (χ0) is 17.2. The second-order valence-corrected chi connectivity index (χ2v) is 6.35. The number of rotatable bonds is 5. The highest BCUT2D eigenvalue weighted by Gasteiger charge is 2.44. The van der Waals surface area contributed by atoms with Crippen molar-refractivity contribution in [2.75, 3.05) is 20.6 Å². The third-order valence-electron chi connectivity index (χ3n) is 4.63. The Morgan fingerprint density at radius 1 is 1.44 bits per heavy atom. The lowest BCUT2D eigenvalue weighted by Crippen LogP contribution is -2.42. The van der Waals surface area contributed by atoms with Crippen molar-refractivity contribution in [2.45, 2.75) is 24.8 Å². The Kier molecular flexibility index (Phi) is 6.36. The summed E-state index contributed by atoms with van der Waals surface area (Å²) in [5.41, 5.74) is 1.07. The molecule has 8 heteroatoms. The summed E-state index contributed by atoms with van der Waals surface area (Å²) in [5.74, 6) is 1.48. The monoisotopic (exact) mass is 458 g/mol. The Labute approximate surface area is 164 Å². The normalized spacial score (nSPS) is 15.4. The van der Waals surface area contributed by atoms with Crippen LogP contribution in [0.25, 0.3) is 0 Å². The number of hydrogen-bond donors (Lipinski definition) is 1. The van der Waals surface area contributed by atoms with Gasteiger partial charge in [-0.25, -0.2) is 9.37 Å². The number of aliphatic imine (C=N–C) groups is 1. The van der Waals surface area contributed by atoms with Gasteiger partial charge in [0, 0.05) is 33.1 Å². The van der Waals surface area contributed by atoms with Crippen LogP contribution in [0.3, 0.4) is 0 Å². The fourth-order valence-electron chi connectivity index (χ4n) is 2.92. The third kappa shape index (κ3) is 4.47.